The molecule has 0 spiro atoms. The van der Waals surface area contributed by atoms with E-state index in [1.807, 2.05) is 0 Å². The number of aliphatic hydroxyl groups is 1. The molecule has 1 aromatic heterocycles. The Kier molecular flexibility index (Phi) is 5.10. The predicted molar refractivity (Wildman–Crippen MR) is 78.0 cm³/mol. The molecule has 2 aromatic rings. The molecule has 0 saturated heterocycles. The molecule has 2 rings (SSSR count). The van der Waals surface area contributed by atoms with Crippen molar-refractivity contribution in [1.82, 2.24) is 14.8 Å². The second kappa shape index (κ2) is 6.71. The first-order chi connectivity index (χ1) is 10.8. The maximum absolute atomic E-state index is 13.0. The summed E-state index contributed by atoms with van der Waals surface area (Å²) >= 11 is 0.990. The van der Waals surface area contributed by atoms with Crippen molar-refractivity contribution in [3.05, 3.63) is 41.2 Å². The number of aromatic nitrogens is 3. The third-order valence-corrected chi connectivity index (χ3v) is 4.35. The highest BCUT2D eigenvalue weighted by atomic mass is 32.2. The van der Waals surface area contributed by atoms with Crippen LogP contribution in [0.5, 0.6) is 0 Å². The minimum absolute atomic E-state index is 0.308. The number of hydrogen-bond donors (Lipinski definition) is 1. The van der Waals surface area contributed by atoms with Crippen LogP contribution in [-0.4, -0.2) is 30.9 Å². The molecule has 124 valence electrons. The fourth-order valence-electron chi connectivity index (χ4n) is 1.96. The average molecular weight is 345 g/mol. The van der Waals surface area contributed by atoms with Crippen LogP contribution in [-0.2, 0) is 19.8 Å². The standard InChI is InChI=1S/C14H14F3N3O2S/c1-8(23-13-19-18-11(7-21)20(13)2)12(22)9-5-3-4-6-10(9)14(15,16)17/h3-6,8,21H,7H2,1-2H3. The summed E-state index contributed by atoms with van der Waals surface area (Å²) in [5.41, 5.74) is -1.32. The zero-order chi connectivity index (χ0) is 17.2. The zero-order valence-corrected chi connectivity index (χ0v) is 13.1. The summed E-state index contributed by atoms with van der Waals surface area (Å²) in [7, 11) is 1.61. The lowest BCUT2D eigenvalue weighted by Gasteiger charge is -2.15. The molecule has 0 aliphatic rings. The van der Waals surface area contributed by atoms with Crippen LogP contribution >= 0.6 is 11.8 Å². The topological polar surface area (TPSA) is 68.0 Å². The van der Waals surface area contributed by atoms with E-state index in [4.69, 9.17) is 5.11 Å². The van der Waals surface area contributed by atoms with Crippen molar-refractivity contribution in [2.75, 3.05) is 0 Å². The van der Waals surface area contributed by atoms with Gasteiger partial charge in [-0.15, -0.1) is 10.2 Å². The van der Waals surface area contributed by atoms with Gasteiger partial charge < -0.3 is 9.67 Å². The normalized spacial score (nSPS) is 13.1. The number of thioether (sulfide) groups is 1. The minimum Gasteiger partial charge on any atom is -0.388 e. The number of rotatable bonds is 5. The van der Waals surface area contributed by atoms with Gasteiger partial charge in [-0.05, 0) is 13.0 Å². The second-order valence-corrected chi connectivity index (χ2v) is 6.09. The molecule has 0 fully saturated rings. The van der Waals surface area contributed by atoms with Gasteiger partial charge in [0.05, 0.1) is 10.8 Å². The highest BCUT2D eigenvalue weighted by Crippen LogP contribution is 2.34. The number of hydrogen-bond acceptors (Lipinski definition) is 5. The summed E-state index contributed by atoms with van der Waals surface area (Å²) in [4.78, 5) is 12.4. The van der Waals surface area contributed by atoms with Gasteiger partial charge in [-0.2, -0.15) is 13.2 Å². The monoisotopic (exact) mass is 345 g/mol. The quantitative estimate of drug-likeness (QED) is 0.667. The Morgan fingerprint density at radius 1 is 1.35 bits per heavy atom. The lowest BCUT2D eigenvalue weighted by atomic mass is 10.0. The smallest absolute Gasteiger partial charge is 0.388 e. The van der Waals surface area contributed by atoms with E-state index < -0.39 is 22.8 Å². The van der Waals surface area contributed by atoms with Gasteiger partial charge in [-0.3, -0.25) is 4.79 Å². The average Bonchev–Trinajstić information content (AvgIpc) is 2.86. The minimum atomic E-state index is -4.59. The number of carbonyl (C=O) groups excluding carboxylic acids is 1. The molecule has 5 nitrogen and oxygen atoms in total. The number of benzene rings is 1. The first-order valence-corrected chi connectivity index (χ1v) is 7.50. The van der Waals surface area contributed by atoms with E-state index in [-0.39, 0.29) is 12.2 Å². The molecule has 1 atom stereocenters. The summed E-state index contributed by atoms with van der Waals surface area (Å²) < 4.78 is 40.5. The SMILES string of the molecule is CC(Sc1nnc(CO)n1C)C(=O)c1ccccc1C(F)(F)F. The third kappa shape index (κ3) is 3.73. The van der Waals surface area contributed by atoms with Gasteiger partial charge in [0.25, 0.3) is 0 Å². The van der Waals surface area contributed by atoms with Crippen LogP contribution in [0.15, 0.2) is 29.4 Å². The Morgan fingerprint density at radius 3 is 2.57 bits per heavy atom. The van der Waals surface area contributed by atoms with Crippen molar-refractivity contribution in [2.24, 2.45) is 7.05 Å². The van der Waals surface area contributed by atoms with Gasteiger partial charge in [0.2, 0.25) is 0 Å². The molecule has 1 unspecified atom stereocenters. The fourth-order valence-corrected chi connectivity index (χ4v) is 2.86. The molecule has 0 aliphatic heterocycles. The van der Waals surface area contributed by atoms with E-state index in [0.717, 1.165) is 23.9 Å². The Bertz CT molecular complexity index is 716. The number of nitrogens with zero attached hydrogens (tertiary/aromatic N) is 3. The first kappa shape index (κ1) is 17.5. The molecule has 1 N–H and O–H groups in total. The van der Waals surface area contributed by atoms with Crippen LogP contribution in [0.3, 0.4) is 0 Å². The molecule has 0 radical (unpaired) electrons. The van der Waals surface area contributed by atoms with Crippen molar-refractivity contribution in [3.8, 4) is 0 Å². The van der Waals surface area contributed by atoms with Crippen LogP contribution < -0.4 is 0 Å². The number of halogens is 3. The van der Waals surface area contributed by atoms with Crippen molar-refractivity contribution in [1.29, 1.82) is 0 Å². The van der Waals surface area contributed by atoms with Crippen LogP contribution in [0.25, 0.3) is 0 Å². The summed E-state index contributed by atoms with van der Waals surface area (Å²) in [6.07, 6.45) is -4.59. The summed E-state index contributed by atoms with van der Waals surface area (Å²) in [5.74, 6) is -0.334. The van der Waals surface area contributed by atoms with Gasteiger partial charge in [0, 0.05) is 12.6 Å². The Balaban J connectivity index is 2.25. The van der Waals surface area contributed by atoms with Crippen LogP contribution in [0.2, 0.25) is 0 Å². The molecule has 0 aliphatic carbocycles. The Morgan fingerprint density at radius 2 is 2.00 bits per heavy atom. The molecule has 1 aromatic carbocycles. The van der Waals surface area contributed by atoms with Crippen molar-refractivity contribution in [3.63, 3.8) is 0 Å². The van der Waals surface area contributed by atoms with Crippen LogP contribution in [0.4, 0.5) is 13.2 Å². The van der Waals surface area contributed by atoms with E-state index in [1.54, 1.807) is 7.05 Å². The molecular weight excluding hydrogens is 331 g/mol. The molecule has 0 bridgehead atoms. The molecular formula is C14H14F3N3O2S. The van der Waals surface area contributed by atoms with Gasteiger partial charge in [-0.1, -0.05) is 30.0 Å². The van der Waals surface area contributed by atoms with Crippen molar-refractivity contribution >= 4 is 17.5 Å². The van der Waals surface area contributed by atoms with E-state index in [1.165, 1.54) is 23.6 Å². The molecule has 0 amide bonds. The van der Waals surface area contributed by atoms with Crippen molar-refractivity contribution < 1.29 is 23.1 Å². The highest BCUT2D eigenvalue weighted by Gasteiger charge is 2.36. The number of carbonyl (C=O) groups is 1. The van der Waals surface area contributed by atoms with E-state index in [0.29, 0.717) is 11.0 Å². The zero-order valence-electron chi connectivity index (χ0n) is 12.3. The largest absolute Gasteiger partial charge is 0.417 e. The number of Topliss-reactive ketones (excluding diaryl/α,β-unsaturated/α-hetero) is 1. The Labute approximate surface area is 134 Å². The van der Waals surface area contributed by atoms with E-state index >= 15 is 0 Å². The van der Waals surface area contributed by atoms with Gasteiger partial charge in [-0.25, -0.2) is 0 Å². The molecule has 9 heteroatoms. The summed E-state index contributed by atoms with van der Waals surface area (Å²) in [6.45, 7) is 1.19. The number of alkyl halides is 3. The van der Waals surface area contributed by atoms with Crippen LogP contribution in [0.1, 0.15) is 28.7 Å². The van der Waals surface area contributed by atoms with Gasteiger partial charge in [0.15, 0.2) is 16.8 Å². The number of ketones is 1. The fraction of sp³-hybridized carbons (Fsp3) is 0.357. The van der Waals surface area contributed by atoms with Crippen LogP contribution in [0, 0.1) is 0 Å². The molecule has 1 heterocycles. The summed E-state index contributed by atoms with van der Waals surface area (Å²) in [5, 5.41) is 16.2. The van der Waals surface area contributed by atoms with E-state index in [2.05, 4.69) is 10.2 Å². The van der Waals surface area contributed by atoms with Gasteiger partial charge in [0.1, 0.15) is 6.61 Å². The van der Waals surface area contributed by atoms with Crippen molar-refractivity contribution in [2.45, 2.75) is 30.1 Å². The number of aliphatic hydroxyl groups excluding tert-OH is 1. The molecule has 23 heavy (non-hydrogen) atoms. The highest BCUT2D eigenvalue weighted by molar-refractivity contribution is 8.00. The predicted octanol–water partition coefficient (Wildman–Crippen LogP) is 2.69. The third-order valence-electron chi connectivity index (χ3n) is 3.22. The second-order valence-electron chi connectivity index (χ2n) is 4.78. The first-order valence-electron chi connectivity index (χ1n) is 6.62. The lowest BCUT2D eigenvalue weighted by Crippen LogP contribution is -2.20. The van der Waals surface area contributed by atoms with E-state index in [9.17, 15) is 18.0 Å². The maximum Gasteiger partial charge on any atom is 0.417 e. The Hall–Kier alpha value is -1.87. The van der Waals surface area contributed by atoms with Gasteiger partial charge >= 0.3 is 6.18 Å². The summed E-state index contributed by atoms with van der Waals surface area (Å²) in [6, 6.07) is 4.69. The lowest BCUT2D eigenvalue weighted by molar-refractivity contribution is -0.137. The maximum atomic E-state index is 13.0. The molecule has 0 saturated carbocycles.